The number of carboxylic acids is 1. The van der Waals surface area contributed by atoms with Gasteiger partial charge in [-0.05, 0) is 35.0 Å². The average molecular weight is 232 g/mol. The summed E-state index contributed by atoms with van der Waals surface area (Å²) in [4.78, 5) is 10.4. The van der Waals surface area contributed by atoms with Crippen LogP contribution in [0.15, 0.2) is 36.4 Å². The molecule has 0 saturated heterocycles. The number of aliphatic carboxylic acids is 1. The lowest BCUT2D eigenvalue weighted by molar-refractivity contribution is -0.139. The minimum atomic E-state index is -0.986. The summed E-state index contributed by atoms with van der Waals surface area (Å²) in [6, 6.07) is 11.1. The SMILES string of the molecule is COc1ccc2cc(OCC(=O)O)ccc2c1. The molecule has 17 heavy (non-hydrogen) atoms. The zero-order valence-corrected chi connectivity index (χ0v) is 9.34. The van der Waals surface area contributed by atoms with E-state index in [1.54, 1.807) is 19.2 Å². The molecule has 0 aliphatic rings. The van der Waals surface area contributed by atoms with E-state index in [1.807, 2.05) is 24.3 Å². The largest absolute Gasteiger partial charge is 0.497 e. The Morgan fingerprint density at radius 3 is 2.29 bits per heavy atom. The third kappa shape index (κ3) is 2.66. The van der Waals surface area contributed by atoms with E-state index in [9.17, 15) is 4.79 Å². The van der Waals surface area contributed by atoms with Crippen LogP contribution in [0.2, 0.25) is 0 Å². The summed E-state index contributed by atoms with van der Waals surface area (Å²) in [6.07, 6.45) is 0. The van der Waals surface area contributed by atoms with Gasteiger partial charge in [0.1, 0.15) is 11.5 Å². The second-order valence-corrected chi connectivity index (χ2v) is 3.56. The average Bonchev–Trinajstić information content (AvgIpc) is 2.35. The first-order valence-electron chi connectivity index (χ1n) is 5.11. The van der Waals surface area contributed by atoms with Crippen LogP contribution in [0, 0.1) is 0 Å². The van der Waals surface area contributed by atoms with Gasteiger partial charge in [0.25, 0.3) is 0 Å². The highest BCUT2D eigenvalue weighted by atomic mass is 16.5. The highest BCUT2D eigenvalue weighted by molar-refractivity contribution is 5.85. The topological polar surface area (TPSA) is 55.8 Å². The van der Waals surface area contributed by atoms with Gasteiger partial charge in [-0.25, -0.2) is 4.79 Å². The van der Waals surface area contributed by atoms with Gasteiger partial charge in [-0.1, -0.05) is 12.1 Å². The Kier molecular flexibility index (Phi) is 3.14. The van der Waals surface area contributed by atoms with Crippen molar-refractivity contribution in [3.63, 3.8) is 0 Å². The van der Waals surface area contributed by atoms with Crippen molar-refractivity contribution in [2.75, 3.05) is 13.7 Å². The summed E-state index contributed by atoms with van der Waals surface area (Å²) < 4.78 is 10.2. The Balaban J connectivity index is 2.28. The molecule has 0 unspecified atom stereocenters. The molecule has 0 saturated carbocycles. The molecular weight excluding hydrogens is 220 g/mol. The molecule has 0 amide bonds. The molecule has 0 radical (unpaired) electrons. The fourth-order valence-corrected chi connectivity index (χ4v) is 1.56. The van der Waals surface area contributed by atoms with Gasteiger partial charge in [-0.2, -0.15) is 0 Å². The first-order valence-corrected chi connectivity index (χ1v) is 5.11. The van der Waals surface area contributed by atoms with Gasteiger partial charge in [0.15, 0.2) is 6.61 Å². The number of fused-ring (bicyclic) bond motifs is 1. The first-order chi connectivity index (χ1) is 8.19. The molecule has 0 aliphatic carbocycles. The molecule has 4 heteroatoms. The molecule has 88 valence electrons. The van der Waals surface area contributed by atoms with E-state index in [0.29, 0.717) is 5.75 Å². The summed E-state index contributed by atoms with van der Waals surface area (Å²) >= 11 is 0. The Morgan fingerprint density at radius 1 is 1.12 bits per heavy atom. The van der Waals surface area contributed by atoms with E-state index < -0.39 is 5.97 Å². The van der Waals surface area contributed by atoms with Crippen molar-refractivity contribution in [1.82, 2.24) is 0 Å². The third-order valence-electron chi connectivity index (χ3n) is 2.38. The van der Waals surface area contributed by atoms with Gasteiger partial charge in [0.2, 0.25) is 0 Å². The lowest BCUT2D eigenvalue weighted by Gasteiger charge is -2.06. The van der Waals surface area contributed by atoms with Crippen molar-refractivity contribution in [3.8, 4) is 11.5 Å². The van der Waals surface area contributed by atoms with Crippen LogP contribution >= 0.6 is 0 Å². The Bertz CT molecular complexity index is 548. The van der Waals surface area contributed by atoms with Crippen LogP contribution in [0.4, 0.5) is 0 Å². The molecule has 1 N–H and O–H groups in total. The first kappa shape index (κ1) is 11.3. The standard InChI is InChI=1S/C13H12O4/c1-16-11-4-2-10-7-12(17-8-13(14)15)5-3-9(10)6-11/h2-7H,8H2,1H3,(H,14,15). The molecule has 0 fully saturated rings. The maximum Gasteiger partial charge on any atom is 0.341 e. The summed E-state index contributed by atoms with van der Waals surface area (Å²) in [5.41, 5.74) is 0. The van der Waals surface area contributed by atoms with Gasteiger partial charge < -0.3 is 14.6 Å². The molecule has 0 heterocycles. The van der Waals surface area contributed by atoms with Gasteiger partial charge in [-0.3, -0.25) is 0 Å². The second kappa shape index (κ2) is 4.74. The molecule has 2 aromatic rings. The van der Waals surface area contributed by atoms with Crippen molar-refractivity contribution in [3.05, 3.63) is 36.4 Å². The lowest BCUT2D eigenvalue weighted by Crippen LogP contribution is -2.09. The van der Waals surface area contributed by atoms with Crippen LogP contribution in [0.1, 0.15) is 0 Å². The van der Waals surface area contributed by atoms with Crippen LogP contribution in [-0.4, -0.2) is 24.8 Å². The molecule has 0 spiro atoms. The number of ether oxygens (including phenoxy) is 2. The van der Waals surface area contributed by atoms with Crippen LogP contribution in [0.5, 0.6) is 11.5 Å². The van der Waals surface area contributed by atoms with Crippen molar-refractivity contribution < 1.29 is 19.4 Å². The molecule has 0 aromatic heterocycles. The van der Waals surface area contributed by atoms with E-state index in [0.717, 1.165) is 16.5 Å². The lowest BCUT2D eigenvalue weighted by atomic mass is 10.1. The molecule has 0 bridgehead atoms. The van der Waals surface area contributed by atoms with E-state index in [4.69, 9.17) is 14.6 Å². The number of hydrogen-bond acceptors (Lipinski definition) is 3. The normalized spacial score (nSPS) is 10.2. The fourth-order valence-electron chi connectivity index (χ4n) is 1.56. The van der Waals surface area contributed by atoms with E-state index in [1.165, 1.54) is 0 Å². The molecular formula is C13H12O4. The maximum absolute atomic E-state index is 10.4. The number of benzene rings is 2. The van der Waals surface area contributed by atoms with E-state index in [2.05, 4.69) is 0 Å². The van der Waals surface area contributed by atoms with Crippen molar-refractivity contribution in [1.29, 1.82) is 0 Å². The van der Waals surface area contributed by atoms with Crippen molar-refractivity contribution in [2.45, 2.75) is 0 Å². The zero-order chi connectivity index (χ0) is 12.3. The van der Waals surface area contributed by atoms with Crippen LogP contribution in [0.25, 0.3) is 10.8 Å². The van der Waals surface area contributed by atoms with Crippen molar-refractivity contribution >= 4 is 16.7 Å². The number of rotatable bonds is 4. The Labute approximate surface area is 98.4 Å². The summed E-state index contributed by atoms with van der Waals surface area (Å²) in [5.74, 6) is 0.349. The third-order valence-corrected chi connectivity index (χ3v) is 2.38. The minimum absolute atomic E-state index is 0.332. The molecule has 2 rings (SSSR count). The predicted octanol–water partition coefficient (Wildman–Crippen LogP) is 2.31. The van der Waals surface area contributed by atoms with Gasteiger partial charge in [0.05, 0.1) is 7.11 Å². The Morgan fingerprint density at radius 2 is 1.71 bits per heavy atom. The minimum Gasteiger partial charge on any atom is -0.497 e. The van der Waals surface area contributed by atoms with E-state index in [-0.39, 0.29) is 6.61 Å². The Hall–Kier alpha value is -2.23. The van der Waals surface area contributed by atoms with E-state index >= 15 is 0 Å². The molecule has 2 aromatic carbocycles. The van der Waals surface area contributed by atoms with Crippen LogP contribution < -0.4 is 9.47 Å². The number of carbonyl (C=O) groups is 1. The van der Waals surface area contributed by atoms with Gasteiger partial charge >= 0.3 is 5.97 Å². The number of carboxylic acid groups (broad SMARTS) is 1. The highest BCUT2D eigenvalue weighted by Crippen LogP contribution is 2.24. The summed E-state index contributed by atoms with van der Waals surface area (Å²) in [6.45, 7) is -0.332. The number of methoxy groups -OCH3 is 1. The zero-order valence-electron chi connectivity index (χ0n) is 9.34. The van der Waals surface area contributed by atoms with Gasteiger partial charge in [-0.15, -0.1) is 0 Å². The number of hydrogen-bond donors (Lipinski definition) is 1. The summed E-state index contributed by atoms with van der Waals surface area (Å²) in [5, 5.41) is 10.5. The summed E-state index contributed by atoms with van der Waals surface area (Å²) in [7, 11) is 1.62. The molecule has 0 atom stereocenters. The van der Waals surface area contributed by atoms with Crippen LogP contribution in [0.3, 0.4) is 0 Å². The quantitative estimate of drug-likeness (QED) is 0.878. The fraction of sp³-hybridized carbons (Fsp3) is 0.154. The predicted molar refractivity (Wildman–Crippen MR) is 63.6 cm³/mol. The second-order valence-electron chi connectivity index (χ2n) is 3.56. The highest BCUT2D eigenvalue weighted by Gasteiger charge is 2.01. The van der Waals surface area contributed by atoms with Crippen LogP contribution in [-0.2, 0) is 4.79 Å². The van der Waals surface area contributed by atoms with Crippen molar-refractivity contribution in [2.24, 2.45) is 0 Å². The maximum atomic E-state index is 10.4. The molecule has 0 aliphatic heterocycles. The van der Waals surface area contributed by atoms with Gasteiger partial charge in [0, 0.05) is 0 Å². The smallest absolute Gasteiger partial charge is 0.341 e. The monoisotopic (exact) mass is 232 g/mol. The molecule has 4 nitrogen and oxygen atoms in total.